The molecule has 0 saturated carbocycles. The molecule has 0 bridgehead atoms. The molecule has 0 amide bonds. The van der Waals surface area contributed by atoms with Crippen molar-refractivity contribution in [1.82, 2.24) is 9.97 Å². The number of anilines is 1. The number of hydrogen-bond donors (Lipinski definition) is 1. The van der Waals surface area contributed by atoms with E-state index in [4.69, 9.17) is 0 Å². The molecular weight excluding hydrogens is 218 g/mol. The van der Waals surface area contributed by atoms with Gasteiger partial charge in [0.25, 0.3) is 0 Å². The van der Waals surface area contributed by atoms with E-state index in [1.165, 1.54) is 0 Å². The van der Waals surface area contributed by atoms with Crippen molar-refractivity contribution >= 4 is 16.5 Å². The molecule has 84 valence electrons. The minimum Gasteiger partial charge on any atom is -0.361 e. The zero-order valence-electron chi connectivity index (χ0n) is 9.47. The minimum absolute atomic E-state index is 0.627. The second kappa shape index (κ2) is 5.07. The van der Waals surface area contributed by atoms with Crippen molar-refractivity contribution in [2.75, 3.05) is 11.9 Å². The van der Waals surface area contributed by atoms with Crippen molar-refractivity contribution in [3.63, 3.8) is 0 Å². The Labute approximate surface area is 99.6 Å². The van der Waals surface area contributed by atoms with E-state index in [0.717, 1.165) is 23.1 Å². The number of nitrogens with zero attached hydrogens (tertiary/aromatic N) is 2. The molecule has 0 fully saturated rings. The first kappa shape index (κ1) is 11.1. The Hall–Kier alpha value is -1.42. The van der Waals surface area contributed by atoms with Crippen LogP contribution in [0.5, 0.6) is 0 Å². The van der Waals surface area contributed by atoms with E-state index < -0.39 is 0 Å². The van der Waals surface area contributed by atoms with Gasteiger partial charge in [0.2, 0.25) is 0 Å². The summed E-state index contributed by atoms with van der Waals surface area (Å²) in [6, 6.07) is 5.86. The number of aromatic nitrogens is 2. The lowest BCUT2D eigenvalue weighted by Crippen LogP contribution is -2.07. The van der Waals surface area contributed by atoms with Gasteiger partial charge in [-0.3, -0.25) is 4.98 Å². The van der Waals surface area contributed by atoms with Gasteiger partial charge in [-0.05, 0) is 18.1 Å². The molecule has 0 aromatic carbocycles. The predicted octanol–water partition coefficient (Wildman–Crippen LogP) is 3.27. The molecule has 2 heterocycles. The van der Waals surface area contributed by atoms with Gasteiger partial charge in [0.15, 0.2) is 5.13 Å². The van der Waals surface area contributed by atoms with Gasteiger partial charge in [0.1, 0.15) is 5.69 Å². The van der Waals surface area contributed by atoms with Crippen LogP contribution in [0.2, 0.25) is 0 Å². The average Bonchev–Trinajstić information content (AvgIpc) is 2.76. The highest BCUT2D eigenvalue weighted by atomic mass is 32.1. The molecule has 0 aliphatic carbocycles. The van der Waals surface area contributed by atoms with E-state index in [9.17, 15) is 0 Å². The predicted molar refractivity (Wildman–Crippen MR) is 68.7 cm³/mol. The fourth-order valence-corrected chi connectivity index (χ4v) is 1.99. The summed E-state index contributed by atoms with van der Waals surface area (Å²) in [7, 11) is 0. The van der Waals surface area contributed by atoms with Crippen LogP contribution >= 0.6 is 11.3 Å². The van der Waals surface area contributed by atoms with E-state index in [-0.39, 0.29) is 0 Å². The van der Waals surface area contributed by atoms with Crippen LogP contribution in [-0.2, 0) is 0 Å². The molecule has 2 rings (SSSR count). The van der Waals surface area contributed by atoms with Gasteiger partial charge in [0.05, 0.1) is 5.69 Å². The summed E-state index contributed by atoms with van der Waals surface area (Å²) < 4.78 is 0. The van der Waals surface area contributed by atoms with E-state index in [1.807, 2.05) is 23.6 Å². The lowest BCUT2D eigenvalue weighted by atomic mass is 10.2. The maximum atomic E-state index is 4.50. The summed E-state index contributed by atoms with van der Waals surface area (Å²) in [5.41, 5.74) is 1.87. The average molecular weight is 233 g/mol. The van der Waals surface area contributed by atoms with Gasteiger partial charge >= 0.3 is 0 Å². The van der Waals surface area contributed by atoms with E-state index in [1.54, 1.807) is 17.5 Å². The molecule has 0 radical (unpaired) electrons. The van der Waals surface area contributed by atoms with Crippen LogP contribution in [0.25, 0.3) is 11.4 Å². The van der Waals surface area contributed by atoms with Gasteiger partial charge in [-0.1, -0.05) is 19.9 Å². The Bertz CT molecular complexity index is 437. The fraction of sp³-hybridized carbons (Fsp3) is 0.333. The highest BCUT2D eigenvalue weighted by Gasteiger charge is 2.04. The first-order chi connectivity index (χ1) is 7.75. The Balaban J connectivity index is 2.08. The molecule has 3 nitrogen and oxygen atoms in total. The SMILES string of the molecule is CC(C)CNc1nc(-c2ccccn2)cs1. The van der Waals surface area contributed by atoms with Crippen molar-refractivity contribution < 1.29 is 0 Å². The monoisotopic (exact) mass is 233 g/mol. The number of pyridine rings is 1. The van der Waals surface area contributed by atoms with E-state index in [2.05, 4.69) is 29.1 Å². The van der Waals surface area contributed by atoms with Crippen LogP contribution in [-0.4, -0.2) is 16.5 Å². The maximum absolute atomic E-state index is 4.50. The summed E-state index contributed by atoms with van der Waals surface area (Å²) in [5, 5.41) is 6.31. The fourth-order valence-electron chi connectivity index (χ4n) is 1.28. The van der Waals surface area contributed by atoms with E-state index >= 15 is 0 Å². The molecule has 0 spiro atoms. The third kappa shape index (κ3) is 2.79. The van der Waals surface area contributed by atoms with Gasteiger partial charge < -0.3 is 5.32 Å². The van der Waals surface area contributed by atoms with Crippen molar-refractivity contribution in [2.45, 2.75) is 13.8 Å². The van der Waals surface area contributed by atoms with Gasteiger partial charge in [0, 0.05) is 18.1 Å². The number of nitrogens with one attached hydrogen (secondary N) is 1. The second-order valence-corrected chi connectivity index (χ2v) is 4.89. The smallest absolute Gasteiger partial charge is 0.183 e. The quantitative estimate of drug-likeness (QED) is 0.880. The zero-order valence-corrected chi connectivity index (χ0v) is 10.3. The molecule has 0 atom stereocenters. The van der Waals surface area contributed by atoms with Crippen LogP contribution in [0.15, 0.2) is 29.8 Å². The van der Waals surface area contributed by atoms with Crippen molar-refractivity contribution in [3.8, 4) is 11.4 Å². The summed E-state index contributed by atoms with van der Waals surface area (Å²) in [6.45, 7) is 5.32. The molecule has 0 aliphatic heterocycles. The first-order valence-corrected chi connectivity index (χ1v) is 6.24. The maximum Gasteiger partial charge on any atom is 0.183 e. The third-order valence-corrected chi connectivity index (χ3v) is 2.89. The normalized spacial score (nSPS) is 10.7. The number of rotatable bonds is 4. The second-order valence-electron chi connectivity index (χ2n) is 4.03. The summed E-state index contributed by atoms with van der Waals surface area (Å²) in [5.74, 6) is 0.627. The molecular formula is C12H15N3S. The molecule has 2 aromatic heterocycles. The highest BCUT2D eigenvalue weighted by Crippen LogP contribution is 2.23. The Morgan fingerprint density at radius 3 is 2.88 bits per heavy atom. The van der Waals surface area contributed by atoms with Crippen molar-refractivity contribution in [3.05, 3.63) is 29.8 Å². The molecule has 0 saturated heterocycles. The Morgan fingerprint density at radius 1 is 1.31 bits per heavy atom. The number of thiazole rings is 1. The summed E-state index contributed by atoms with van der Waals surface area (Å²) in [6.07, 6.45) is 1.79. The van der Waals surface area contributed by atoms with Gasteiger partial charge in [-0.2, -0.15) is 0 Å². The molecule has 16 heavy (non-hydrogen) atoms. The molecule has 1 N–H and O–H groups in total. The van der Waals surface area contributed by atoms with Crippen molar-refractivity contribution in [2.24, 2.45) is 5.92 Å². The molecule has 0 unspecified atom stereocenters. The largest absolute Gasteiger partial charge is 0.361 e. The third-order valence-electron chi connectivity index (χ3n) is 2.09. The van der Waals surface area contributed by atoms with Crippen LogP contribution in [0.1, 0.15) is 13.8 Å². The topological polar surface area (TPSA) is 37.8 Å². The lowest BCUT2D eigenvalue weighted by Gasteiger charge is -2.04. The summed E-state index contributed by atoms with van der Waals surface area (Å²) in [4.78, 5) is 8.77. The summed E-state index contributed by atoms with van der Waals surface area (Å²) >= 11 is 1.62. The van der Waals surface area contributed by atoms with Crippen LogP contribution in [0.4, 0.5) is 5.13 Å². The first-order valence-electron chi connectivity index (χ1n) is 5.36. The van der Waals surface area contributed by atoms with Gasteiger partial charge in [-0.25, -0.2) is 4.98 Å². The highest BCUT2D eigenvalue weighted by molar-refractivity contribution is 7.14. The zero-order chi connectivity index (χ0) is 11.4. The van der Waals surface area contributed by atoms with Crippen LogP contribution in [0.3, 0.4) is 0 Å². The van der Waals surface area contributed by atoms with Crippen molar-refractivity contribution in [1.29, 1.82) is 0 Å². The van der Waals surface area contributed by atoms with E-state index in [0.29, 0.717) is 5.92 Å². The number of hydrogen-bond acceptors (Lipinski definition) is 4. The molecule has 2 aromatic rings. The Kier molecular flexibility index (Phi) is 3.51. The lowest BCUT2D eigenvalue weighted by molar-refractivity contribution is 0.688. The van der Waals surface area contributed by atoms with Crippen LogP contribution < -0.4 is 5.32 Å². The van der Waals surface area contributed by atoms with Gasteiger partial charge in [-0.15, -0.1) is 11.3 Å². The molecule has 4 heteroatoms. The van der Waals surface area contributed by atoms with Crippen LogP contribution in [0, 0.1) is 5.92 Å². The standard InChI is InChI=1S/C12H15N3S/c1-9(2)7-14-12-15-11(8-16-12)10-5-3-4-6-13-10/h3-6,8-9H,7H2,1-2H3,(H,14,15). The Morgan fingerprint density at radius 2 is 2.19 bits per heavy atom. The minimum atomic E-state index is 0.627. The molecule has 0 aliphatic rings.